The van der Waals surface area contributed by atoms with E-state index in [-0.39, 0.29) is 11.4 Å². The molecule has 3 aromatic rings. The Morgan fingerprint density at radius 2 is 1.80 bits per heavy atom. The number of carbonyl (C=O) groups excluding carboxylic acids is 1. The number of aromatic nitrogens is 1. The Hall–Kier alpha value is -3.68. The summed E-state index contributed by atoms with van der Waals surface area (Å²) >= 11 is 0. The largest absolute Gasteiger partial charge is 0.429 e. The summed E-state index contributed by atoms with van der Waals surface area (Å²) < 4.78 is 10.8. The van der Waals surface area contributed by atoms with Crippen LogP contribution < -0.4 is 10.5 Å². The van der Waals surface area contributed by atoms with Gasteiger partial charge < -0.3 is 9.15 Å². The maximum atomic E-state index is 12.1. The maximum absolute atomic E-state index is 12.1. The van der Waals surface area contributed by atoms with Crippen molar-refractivity contribution in [2.24, 2.45) is 0 Å². The highest BCUT2D eigenvalue weighted by atomic mass is 16.6. The smallest absolute Gasteiger partial charge is 0.412 e. The van der Waals surface area contributed by atoms with Gasteiger partial charge in [-0.2, -0.15) is 4.57 Å². The third kappa shape index (κ3) is 3.81. The van der Waals surface area contributed by atoms with Crippen molar-refractivity contribution in [1.82, 2.24) is 4.57 Å². The Morgan fingerprint density at radius 1 is 1.12 bits per heavy atom. The number of hydrogen-bond donors (Lipinski definition) is 0. The molecule has 8 heteroatoms. The van der Waals surface area contributed by atoms with Crippen LogP contribution in [0.1, 0.15) is 11.3 Å². The van der Waals surface area contributed by atoms with E-state index >= 15 is 0 Å². The first-order valence-electron chi connectivity index (χ1n) is 7.25. The first-order valence-corrected chi connectivity index (χ1v) is 7.25. The normalized spacial score (nSPS) is 10.4. The van der Waals surface area contributed by atoms with Gasteiger partial charge in [-0.1, -0.05) is 30.3 Å². The van der Waals surface area contributed by atoms with E-state index in [1.165, 1.54) is 30.5 Å². The van der Waals surface area contributed by atoms with Crippen molar-refractivity contribution in [3.63, 3.8) is 0 Å². The van der Waals surface area contributed by atoms with Crippen LogP contribution in [-0.2, 0) is 6.42 Å². The lowest BCUT2D eigenvalue weighted by Crippen LogP contribution is -2.25. The van der Waals surface area contributed by atoms with Gasteiger partial charge in [0.05, 0.1) is 11.1 Å². The van der Waals surface area contributed by atoms with E-state index in [2.05, 4.69) is 0 Å². The highest BCUT2D eigenvalue weighted by molar-refractivity contribution is 5.73. The van der Waals surface area contributed by atoms with Crippen molar-refractivity contribution in [2.45, 2.75) is 6.42 Å². The molecule has 0 spiro atoms. The zero-order valence-corrected chi connectivity index (χ0v) is 12.8. The Kier molecular flexibility index (Phi) is 4.42. The second kappa shape index (κ2) is 6.83. The Bertz CT molecular complexity index is 957. The molecule has 25 heavy (non-hydrogen) atoms. The molecule has 0 N–H and O–H groups in total. The fourth-order valence-electron chi connectivity index (χ4n) is 2.18. The van der Waals surface area contributed by atoms with Crippen molar-refractivity contribution in [1.29, 1.82) is 0 Å². The topological polar surface area (TPSA) is 105 Å². The number of nitro benzene ring substituents is 1. The van der Waals surface area contributed by atoms with Gasteiger partial charge in [-0.3, -0.25) is 10.1 Å². The number of benzene rings is 2. The molecule has 1 heterocycles. The SMILES string of the molecule is O=C(Oc1ccc([N+](=O)[O-])cc1)n1cc(Cc2ccccc2)oc1=O. The molecule has 0 aliphatic heterocycles. The molecule has 126 valence electrons. The average Bonchev–Trinajstić information content (AvgIpc) is 2.96. The number of nitrogens with zero attached hydrogens (tertiary/aromatic N) is 2. The number of hydrogen-bond acceptors (Lipinski definition) is 6. The molecule has 0 radical (unpaired) electrons. The van der Waals surface area contributed by atoms with Gasteiger partial charge in [-0.25, -0.2) is 9.59 Å². The van der Waals surface area contributed by atoms with Crippen molar-refractivity contribution < 1.29 is 18.9 Å². The minimum Gasteiger partial charge on any atom is -0.412 e. The molecule has 0 bridgehead atoms. The zero-order valence-electron chi connectivity index (χ0n) is 12.8. The molecule has 1 aromatic heterocycles. The summed E-state index contributed by atoms with van der Waals surface area (Å²) in [6.45, 7) is 0. The minimum absolute atomic E-state index is 0.0771. The van der Waals surface area contributed by atoms with E-state index in [1.807, 2.05) is 30.3 Å². The summed E-state index contributed by atoms with van der Waals surface area (Å²) in [6.07, 6.45) is 0.665. The summed E-state index contributed by atoms with van der Waals surface area (Å²) in [4.78, 5) is 33.9. The Morgan fingerprint density at radius 3 is 2.44 bits per heavy atom. The van der Waals surface area contributed by atoms with Crippen LogP contribution in [0.25, 0.3) is 0 Å². The minimum atomic E-state index is -0.957. The van der Waals surface area contributed by atoms with Crippen molar-refractivity contribution in [2.75, 3.05) is 0 Å². The van der Waals surface area contributed by atoms with E-state index in [9.17, 15) is 19.7 Å². The quantitative estimate of drug-likeness (QED) is 0.534. The molecule has 0 unspecified atom stereocenters. The number of oxazole rings is 1. The lowest BCUT2D eigenvalue weighted by molar-refractivity contribution is -0.384. The monoisotopic (exact) mass is 340 g/mol. The van der Waals surface area contributed by atoms with Crippen molar-refractivity contribution >= 4 is 11.8 Å². The van der Waals surface area contributed by atoms with E-state index in [1.54, 1.807) is 0 Å². The third-order valence-corrected chi connectivity index (χ3v) is 3.36. The van der Waals surface area contributed by atoms with Gasteiger partial charge in [0.2, 0.25) is 0 Å². The maximum Gasteiger partial charge on any atom is 0.429 e. The van der Waals surface area contributed by atoms with E-state index in [4.69, 9.17) is 9.15 Å². The van der Waals surface area contributed by atoms with Gasteiger partial charge in [0.15, 0.2) is 0 Å². The molecule has 0 saturated carbocycles. The Balaban J connectivity index is 1.74. The number of ether oxygens (including phenoxy) is 1. The Labute approximate surface area is 141 Å². The molecule has 0 amide bonds. The lowest BCUT2D eigenvalue weighted by atomic mass is 10.1. The summed E-state index contributed by atoms with van der Waals surface area (Å²) in [7, 11) is 0. The second-order valence-electron chi connectivity index (χ2n) is 5.11. The van der Waals surface area contributed by atoms with Gasteiger partial charge in [-0.05, 0) is 17.7 Å². The van der Waals surface area contributed by atoms with Gasteiger partial charge in [0, 0.05) is 18.6 Å². The van der Waals surface area contributed by atoms with Crippen molar-refractivity contribution in [3.8, 4) is 5.75 Å². The van der Waals surface area contributed by atoms with Crippen LogP contribution >= 0.6 is 0 Å². The molecule has 2 aromatic carbocycles. The van der Waals surface area contributed by atoms with Crippen molar-refractivity contribution in [3.05, 3.63) is 92.8 Å². The van der Waals surface area contributed by atoms with Crippen LogP contribution in [0.3, 0.4) is 0 Å². The van der Waals surface area contributed by atoms with Crippen LogP contribution in [0.4, 0.5) is 10.5 Å². The molecule has 3 rings (SSSR count). The standard InChI is InChI=1S/C17H12N2O6/c20-16(24-14-8-6-13(7-9-14)19(22)23)18-11-15(25-17(18)21)10-12-4-2-1-3-5-12/h1-9,11H,10H2. The molecular formula is C17H12N2O6. The number of rotatable bonds is 4. The zero-order chi connectivity index (χ0) is 17.8. The first-order chi connectivity index (χ1) is 12.0. The van der Waals surface area contributed by atoms with E-state index in [0.717, 1.165) is 5.56 Å². The highest BCUT2D eigenvalue weighted by Crippen LogP contribution is 2.18. The number of nitro groups is 1. The third-order valence-electron chi connectivity index (χ3n) is 3.36. The van der Waals surface area contributed by atoms with Gasteiger partial charge >= 0.3 is 11.8 Å². The number of non-ortho nitro benzene ring substituents is 1. The highest BCUT2D eigenvalue weighted by Gasteiger charge is 2.16. The fourth-order valence-corrected chi connectivity index (χ4v) is 2.18. The van der Waals surface area contributed by atoms with Crippen LogP contribution in [0, 0.1) is 10.1 Å². The molecule has 8 nitrogen and oxygen atoms in total. The van der Waals surface area contributed by atoms with Gasteiger partial charge in [0.25, 0.3) is 5.69 Å². The number of carbonyl (C=O) groups is 1. The summed E-state index contributed by atoms with van der Waals surface area (Å²) in [5.74, 6) is -0.469. The molecule has 0 atom stereocenters. The van der Waals surface area contributed by atoms with Crippen LogP contribution in [0.5, 0.6) is 5.75 Å². The molecule has 0 aliphatic carbocycles. The summed E-state index contributed by atoms with van der Waals surface area (Å²) in [6, 6.07) is 14.2. The van der Waals surface area contributed by atoms with Gasteiger partial charge in [-0.15, -0.1) is 0 Å². The first kappa shape index (κ1) is 16.2. The second-order valence-corrected chi connectivity index (χ2v) is 5.11. The predicted molar refractivity (Wildman–Crippen MR) is 86.7 cm³/mol. The summed E-state index contributed by atoms with van der Waals surface area (Å²) in [5.41, 5.74) is 0.789. The van der Waals surface area contributed by atoms with E-state index < -0.39 is 16.8 Å². The average molecular weight is 340 g/mol. The molecular weight excluding hydrogens is 328 g/mol. The predicted octanol–water partition coefficient (Wildman–Crippen LogP) is 2.99. The lowest BCUT2D eigenvalue weighted by Gasteiger charge is -2.02. The molecule has 0 fully saturated rings. The molecule has 0 aliphatic rings. The van der Waals surface area contributed by atoms with Crippen LogP contribution in [-0.4, -0.2) is 15.6 Å². The van der Waals surface area contributed by atoms with Crippen LogP contribution in [0.2, 0.25) is 0 Å². The fraction of sp³-hybridized carbons (Fsp3) is 0.0588. The van der Waals surface area contributed by atoms with Crippen LogP contribution in [0.15, 0.2) is 70.0 Å². The molecule has 0 saturated heterocycles. The van der Waals surface area contributed by atoms with Gasteiger partial charge in [0.1, 0.15) is 11.5 Å². The van der Waals surface area contributed by atoms with E-state index in [0.29, 0.717) is 16.7 Å². The summed E-state index contributed by atoms with van der Waals surface area (Å²) in [5, 5.41) is 10.6.